The fourth-order valence-corrected chi connectivity index (χ4v) is 6.53. The molecule has 0 N–H and O–H groups in total. The highest BCUT2D eigenvalue weighted by Gasteiger charge is 2.23. The van der Waals surface area contributed by atoms with Crippen molar-refractivity contribution in [3.05, 3.63) is 146 Å². The van der Waals surface area contributed by atoms with Gasteiger partial charge in [-0.25, -0.2) is 4.98 Å². The zero-order valence-electron chi connectivity index (χ0n) is 20.7. The Balaban J connectivity index is 1.53. The Morgan fingerprint density at radius 1 is 0.474 bits per heavy atom. The highest BCUT2D eigenvalue weighted by atomic mass is 32.1. The lowest BCUT2D eigenvalue weighted by molar-refractivity contribution is 1.07. The molecule has 0 spiro atoms. The van der Waals surface area contributed by atoms with E-state index in [0.29, 0.717) is 0 Å². The molecule has 0 aliphatic heterocycles. The largest absolute Gasteiger partial charge is 0.297 e. The molecule has 38 heavy (non-hydrogen) atoms. The molecule has 5 aromatic carbocycles. The fraction of sp³-hybridized carbons (Fsp3) is 0. The van der Waals surface area contributed by atoms with E-state index >= 15 is 0 Å². The molecular weight excluding hydrogens is 480 g/mol. The highest BCUT2D eigenvalue weighted by molar-refractivity contribution is 7.21. The third-order valence-corrected chi connectivity index (χ3v) is 8.20. The van der Waals surface area contributed by atoms with Gasteiger partial charge in [-0.3, -0.25) is 4.57 Å². The molecule has 2 aromatic heterocycles. The SMILES string of the molecule is c1ccc(-c2ccccc2-c2sc(-c3c(-c4ccccc4)ncn3-c3ccccc3)c3ccccc23)cc1. The first kappa shape index (κ1) is 22.5. The van der Waals surface area contributed by atoms with E-state index in [4.69, 9.17) is 4.98 Å². The summed E-state index contributed by atoms with van der Waals surface area (Å²) in [5.41, 5.74) is 8.03. The summed E-state index contributed by atoms with van der Waals surface area (Å²) in [6.45, 7) is 0. The van der Waals surface area contributed by atoms with Crippen LogP contribution in [0.3, 0.4) is 0 Å². The first-order chi connectivity index (χ1) is 18.9. The quantitative estimate of drug-likeness (QED) is 0.228. The molecule has 2 nitrogen and oxygen atoms in total. The number of rotatable bonds is 5. The molecule has 0 amide bonds. The van der Waals surface area contributed by atoms with Crippen molar-refractivity contribution in [2.45, 2.75) is 0 Å². The van der Waals surface area contributed by atoms with E-state index in [2.05, 4.69) is 144 Å². The van der Waals surface area contributed by atoms with E-state index < -0.39 is 0 Å². The number of thiophene rings is 1. The minimum atomic E-state index is 0.990. The van der Waals surface area contributed by atoms with Crippen LogP contribution in [0.2, 0.25) is 0 Å². The van der Waals surface area contributed by atoms with Gasteiger partial charge < -0.3 is 0 Å². The summed E-state index contributed by atoms with van der Waals surface area (Å²) >= 11 is 1.85. The average molecular weight is 505 g/mol. The average Bonchev–Trinajstić information content (AvgIpc) is 3.61. The number of hydrogen-bond acceptors (Lipinski definition) is 2. The van der Waals surface area contributed by atoms with Crippen LogP contribution in [0.4, 0.5) is 0 Å². The van der Waals surface area contributed by atoms with Gasteiger partial charge in [-0.05, 0) is 23.3 Å². The minimum absolute atomic E-state index is 0.990. The van der Waals surface area contributed by atoms with E-state index in [1.165, 1.54) is 37.2 Å². The van der Waals surface area contributed by atoms with E-state index in [0.717, 1.165) is 22.6 Å². The molecule has 0 aliphatic carbocycles. The van der Waals surface area contributed by atoms with Crippen molar-refractivity contribution in [2.24, 2.45) is 0 Å². The van der Waals surface area contributed by atoms with E-state index in [1.54, 1.807) is 0 Å². The van der Waals surface area contributed by atoms with Crippen molar-refractivity contribution >= 4 is 22.1 Å². The summed E-state index contributed by atoms with van der Waals surface area (Å²) in [4.78, 5) is 7.46. The molecule has 0 unspecified atom stereocenters. The third kappa shape index (κ3) is 3.85. The van der Waals surface area contributed by atoms with Gasteiger partial charge in [-0.1, -0.05) is 127 Å². The Labute approximate surface area is 226 Å². The number of fused-ring (bicyclic) bond motifs is 1. The summed E-state index contributed by atoms with van der Waals surface area (Å²) in [5.74, 6) is 0. The van der Waals surface area contributed by atoms with Crippen LogP contribution in [0.15, 0.2) is 146 Å². The maximum Gasteiger partial charge on any atom is 0.100 e. The molecule has 0 atom stereocenters. The molecule has 7 aromatic rings. The molecule has 0 aliphatic rings. The zero-order valence-corrected chi connectivity index (χ0v) is 21.5. The molecule has 180 valence electrons. The summed E-state index contributed by atoms with van der Waals surface area (Å²) in [5, 5.41) is 2.50. The van der Waals surface area contributed by atoms with Crippen molar-refractivity contribution < 1.29 is 0 Å². The van der Waals surface area contributed by atoms with Gasteiger partial charge in [0.15, 0.2) is 0 Å². The van der Waals surface area contributed by atoms with Gasteiger partial charge >= 0.3 is 0 Å². The van der Waals surface area contributed by atoms with Gasteiger partial charge in [0.25, 0.3) is 0 Å². The second-order valence-corrected chi connectivity index (χ2v) is 10.3. The van der Waals surface area contributed by atoms with Gasteiger partial charge in [0.2, 0.25) is 0 Å². The third-order valence-electron chi connectivity index (χ3n) is 6.94. The van der Waals surface area contributed by atoms with Crippen LogP contribution in [0.5, 0.6) is 0 Å². The number of para-hydroxylation sites is 1. The maximum atomic E-state index is 4.96. The zero-order chi connectivity index (χ0) is 25.3. The first-order valence-electron chi connectivity index (χ1n) is 12.7. The summed E-state index contributed by atoms with van der Waals surface area (Å²) in [7, 11) is 0. The predicted octanol–water partition coefficient (Wildman–Crippen LogP) is 9.75. The smallest absolute Gasteiger partial charge is 0.100 e. The Bertz CT molecular complexity index is 1790. The first-order valence-corrected chi connectivity index (χ1v) is 13.5. The number of hydrogen-bond donors (Lipinski definition) is 0. The van der Waals surface area contributed by atoms with Crippen LogP contribution in [-0.4, -0.2) is 9.55 Å². The fourth-order valence-electron chi connectivity index (χ4n) is 5.17. The predicted molar refractivity (Wildman–Crippen MR) is 161 cm³/mol. The molecule has 0 saturated carbocycles. The van der Waals surface area contributed by atoms with Crippen molar-refractivity contribution in [1.82, 2.24) is 9.55 Å². The van der Waals surface area contributed by atoms with Crippen molar-refractivity contribution in [3.63, 3.8) is 0 Å². The van der Waals surface area contributed by atoms with Crippen molar-refractivity contribution in [3.8, 4) is 49.1 Å². The summed E-state index contributed by atoms with van der Waals surface area (Å²) in [6, 6.07) is 49.1. The van der Waals surface area contributed by atoms with E-state index in [1.807, 2.05) is 17.7 Å². The van der Waals surface area contributed by atoms with Gasteiger partial charge in [-0.2, -0.15) is 0 Å². The van der Waals surface area contributed by atoms with Crippen molar-refractivity contribution in [2.75, 3.05) is 0 Å². The molecule has 0 saturated heterocycles. The number of imidazole rings is 1. The monoisotopic (exact) mass is 504 g/mol. The molecule has 3 heteroatoms. The molecule has 7 rings (SSSR count). The van der Waals surface area contributed by atoms with Gasteiger partial charge in [0.05, 0.1) is 16.3 Å². The summed E-state index contributed by atoms with van der Waals surface area (Å²) in [6.07, 6.45) is 1.96. The molecule has 0 radical (unpaired) electrons. The molecule has 0 fully saturated rings. The number of aromatic nitrogens is 2. The maximum absolute atomic E-state index is 4.96. The second kappa shape index (κ2) is 9.62. The molecule has 0 bridgehead atoms. The Morgan fingerprint density at radius 3 is 1.68 bits per heavy atom. The lowest BCUT2D eigenvalue weighted by atomic mass is 9.97. The topological polar surface area (TPSA) is 17.8 Å². The Hall–Kier alpha value is -4.73. The van der Waals surface area contributed by atoms with E-state index in [-0.39, 0.29) is 0 Å². The Morgan fingerprint density at radius 2 is 1.00 bits per heavy atom. The van der Waals surface area contributed by atoms with Crippen LogP contribution in [0, 0.1) is 0 Å². The lowest BCUT2D eigenvalue weighted by Crippen LogP contribution is -1.95. The van der Waals surface area contributed by atoms with Gasteiger partial charge in [-0.15, -0.1) is 11.3 Å². The number of benzene rings is 5. The molecular formula is C35H24N2S. The van der Waals surface area contributed by atoms with Crippen LogP contribution in [0.25, 0.3) is 59.9 Å². The lowest BCUT2D eigenvalue weighted by Gasteiger charge is -2.10. The summed E-state index contributed by atoms with van der Waals surface area (Å²) < 4.78 is 2.23. The Kier molecular flexibility index (Phi) is 5.69. The number of nitrogens with zero attached hydrogens (tertiary/aromatic N) is 2. The van der Waals surface area contributed by atoms with Crippen LogP contribution < -0.4 is 0 Å². The van der Waals surface area contributed by atoms with Crippen LogP contribution in [0.1, 0.15) is 0 Å². The standard InChI is InChI=1S/C35H24N2S/c1-4-14-25(15-5-1)28-20-10-11-21-29(28)34-30-22-12-13-23-31(30)35(38-34)33-32(26-16-6-2-7-17-26)36-24-37(33)27-18-8-3-9-19-27/h1-24H. The normalized spacial score (nSPS) is 11.2. The van der Waals surface area contributed by atoms with Crippen LogP contribution >= 0.6 is 11.3 Å². The second-order valence-electron chi connectivity index (χ2n) is 9.23. The highest BCUT2D eigenvalue weighted by Crippen LogP contribution is 2.48. The minimum Gasteiger partial charge on any atom is -0.297 e. The van der Waals surface area contributed by atoms with Crippen LogP contribution in [-0.2, 0) is 0 Å². The van der Waals surface area contributed by atoms with Gasteiger partial charge in [0.1, 0.15) is 6.33 Å². The van der Waals surface area contributed by atoms with Crippen molar-refractivity contribution in [1.29, 1.82) is 0 Å². The van der Waals surface area contributed by atoms with E-state index in [9.17, 15) is 0 Å². The molecule has 2 heterocycles. The van der Waals surface area contributed by atoms with Gasteiger partial charge in [0, 0.05) is 32.5 Å².